The van der Waals surface area contributed by atoms with Crippen LogP contribution in [0.1, 0.15) is 23.1 Å². The second-order valence-corrected chi connectivity index (χ2v) is 4.01. The van der Waals surface area contributed by atoms with Gasteiger partial charge in [0.1, 0.15) is 5.52 Å². The van der Waals surface area contributed by atoms with Crippen LogP contribution in [0.4, 0.5) is 5.69 Å². The van der Waals surface area contributed by atoms with E-state index in [1.165, 1.54) is 13.8 Å². The summed E-state index contributed by atoms with van der Waals surface area (Å²) in [6.45, 7) is 2.49. The first-order chi connectivity index (χ1) is 8.84. The Morgan fingerprint density at radius 1 is 1.42 bits per heavy atom. The molecule has 0 saturated carbocycles. The van der Waals surface area contributed by atoms with E-state index < -0.39 is 10.7 Å². The predicted molar refractivity (Wildman–Crippen MR) is 65.5 cm³/mol. The topological polar surface area (TPSA) is 111 Å². The number of rotatable bonds is 2. The summed E-state index contributed by atoms with van der Waals surface area (Å²) in [7, 11) is 0. The smallest absolute Gasteiger partial charge is 0.324 e. The van der Waals surface area contributed by atoms with Crippen molar-refractivity contribution >= 4 is 22.5 Å². The number of hydrogen-bond acceptors (Lipinski definition) is 5. The summed E-state index contributed by atoms with van der Waals surface area (Å²) in [6, 6.07) is 3.27. The van der Waals surface area contributed by atoms with Gasteiger partial charge in [-0.3, -0.25) is 14.9 Å². The molecular weight excluding hydrogens is 254 g/mol. The van der Waals surface area contributed by atoms with E-state index in [0.717, 1.165) is 18.2 Å². The third-order valence-corrected chi connectivity index (χ3v) is 2.79. The number of non-ortho nitro benzene ring substituents is 1. The fraction of sp³-hybridized carbons (Fsp3) is 0.182. The van der Waals surface area contributed by atoms with Crippen LogP contribution in [0, 0.1) is 27.2 Å². The van der Waals surface area contributed by atoms with Gasteiger partial charge in [0.25, 0.3) is 11.2 Å². The van der Waals surface area contributed by atoms with Crippen LogP contribution in [0.2, 0.25) is 0 Å². The highest BCUT2D eigenvalue weighted by molar-refractivity contribution is 5.93. The van der Waals surface area contributed by atoms with E-state index in [9.17, 15) is 25.0 Å². The van der Waals surface area contributed by atoms with Gasteiger partial charge in [0.05, 0.1) is 15.0 Å². The van der Waals surface area contributed by atoms with Crippen LogP contribution >= 0.6 is 0 Å². The number of fused-ring (bicyclic) bond motifs is 1. The molecule has 0 fully saturated rings. The summed E-state index contributed by atoms with van der Waals surface area (Å²) in [5.74, 6) is -0.544. The van der Waals surface area contributed by atoms with E-state index in [1.54, 1.807) is 0 Å². The summed E-state index contributed by atoms with van der Waals surface area (Å²) in [4.78, 5) is 33.4. The normalized spacial score (nSPS) is 10.6. The average Bonchev–Trinajstić information content (AvgIpc) is 2.35. The molecule has 2 aromatic rings. The fourth-order valence-corrected chi connectivity index (χ4v) is 1.90. The highest BCUT2D eigenvalue weighted by atomic mass is 16.6. The quantitative estimate of drug-likeness (QED) is 0.351. The number of nitro groups is 1. The van der Waals surface area contributed by atoms with Gasteiger partial charge >= 0.3 is 5.69 Å². The Kier molecular flexibility index (Phi) is 2.78. The number of ketones is 1. The highest BCUT2D eigenvalue weighted by Gasteiger charge is 2.24. The molecule has 1 aromatic carbocycles. The minimum absolute atomic E-state index is 0.0867. The molecule has 0 radical (unpaired) electrons. The van der Waals surface area contributed by atoms with E-state index in [-0.39, 0.29) is 28.1 Å². The van der Waals surface area contributed by atoms with Crippen LogP contribution in [0.15, 0.2) is 18.2 Å². The largest absolute Gasteiger partial charge is 0.805 e. The molecule has 98 valence electrons. The first-order valence-corrected chi connectivity index (χ1v) is 5.29. The van der Waals surface area contributed by atoms with Crippen molar-refractivity contribution in [3.05, 3.63) is 49.8 Å². The molecule has 8 nitrogen and oxygen atoms in total. The molecule has 0 aliphatic heterocycles. The molecular formula is C11H9N3O5. The number of carbonyl (C=O) groups is 1. The lowest BCUT2D eigenvalue weighted by molar-refractivity contribution is -0.468. The lowest BCUT2D eigenvalue weighted by Crippen LogP contribution is -2.29. The molecule has 0 spiro atoms. The van der Waals surface area contributed by atoms with Crippen LogP contribution in [0.5, 0.6) is 0 Å². The van der Waals surface area contributed by atoms with Crippen LogP contribution in [-0.4, -0.2) is 15.4 Å². The fourth-order valence-electron chi connectivity index (χ4n) is 1.90. The first-order valence-electron chi connectivity index (χ1n) is 5.29. The number of benzene rings is 1. The maximum Gasteiger partial charge on any atom is 0.324 e. The predicted octanol–water partition coefficient (Wildman–Crippen LogP) is 1.32. The lowest BCUT2D eigenvalue weighted by Gasteiger charge is -2.15. The Morgan fingerprint density at radius 2 is 2.05 bits per heavy atom. The molecule has 2 rings (SSSR count). The summed E-state index contributed by atoms with van der Waals surface area (Å²) in [6.07, 6.45) is 0. The molecule has 0 aliphatic carbocycles. The van der Waals surface area contributed by atoms with Gasteiger partial charge in [-0.1, -0.05) is 0 Å². The Morgan fingerprint density at radius 3 is 2.58 bits per heavy atom. The minimum Gasteiger partial charge on any atom is -0.805 e. The van der Waals surface area contributed by atoms with Crippen molar-refractivity contribution in [1.82, 2.24) is 4.73 Å². The van der Waals surface area contributed by atoms with Crippen LogP contribution in [-0.2, 0) is 0 Å². The van der Waals surface area contributed by atoms with Crippen LogP contribution in [0.25, 0.3) is 11.0 Å². The maximum atomic E-state index is 12.0. The van der Waals surface area contributed by atoms with Crippen molar-refractivity contribution in [2.45, 2.75) is 13.8 Å². The third kappa shape index (κ3) is 1.82. The maximum absolute atomic E-state index is 12.0. The highest BCUT2D eigenvalue weighted by Crippen LogP contribution is 2.20. The van der Waals surface area contributed by atoms with Crippen LogP contribution in [0.3, 0.4) is 0 Å². The van der Waals surface area contributed by atoms with E-state index in [0.29, 0.717) is 9.16 Å². The van der Waals surface area contributed by atoms with Crippen molar-refractivity contribution in [2.75, 3.05) is 0 Å². The van der Waals surface area contributed by atoms with Crippen molar-refractivity contribution in [2.24, 2.45) is 0 Å². The van der Waals surface area contributed by atoms with E-state index in [4.69, 9.17) is 0 Å². The molecule has 8 heteroatoms. The second-order valence-electron chi connectivity index (χ2n) is 4.01. The van der Waals surface area contributed by atoms with E-state index >= 15 is 0 Å². The van der Waals surface area contributed by atoms with Crippen LogP contribution < -0.4 is 4.43 Å². The number of Topliss-reactive ketones (excluding diaryl/α,β-unsaturated/α-hetero) is 1. The summed E-state index contributed by atoms with van der Waals surface area (Å²) in [5.41, 5.74) is -0.887. The Balaban J connectivity index is 2.98. The van der Waals surface area contributed by atoms with Gasteiger partial charge in [0.2, 0.25) is 5.78 Å². The van der Waals surface area contributed by atoms with E-state index in [1.807, 2.05) is 0 Å². The Labute approximate surface area is 106 Å². The van der Waals surface area contributed by atoms with Gasteiger partial charge in [0, 0.05) is 30.0 Å². The zero-order valence-electron chi connectivity index (χ0n) is 10.1. The first kappa shape index (κ1) is 12.7. The van der Waals surface area contributed by atoms with Gasteiger partial charge in [-0.05, 0) is 6.92 Å². The minimum atomic E-state index is -0.664. The summed E-state index contributed by atoms with van der Waals surface area (Å²) >= 11 is 0. The second kappa shape index (κ2) is 4.16. The van der Waals surface area contributed by atoms with Crippen molar-refractivity contribution in [1.29, 1.82) is 0 Å². The number of carbonyl (C=O) groups excluding carboxylic acids is 1. The SMILES string of the molecule is CC(=O)c1c(C)n([O-])c2cc([N+](=O)[O-])ccc2[n+]1=O. The summed E-state index contributed by atoms with van der Waals surface area (Å²) < 4.78 is 0.679. The molecule has 0 unspecified atom stereocenters. The number of nitrogens with zero attached hydrogens (tertiary/aromatic N) is 3. The van der Waals surface area contributed by atoms with Crippen molar-refractivity contribution in [3.63, 3.8) is 0 Å². The number of nitro benzene ring substituents is 1. The molecule has 0 N–H and O–H groups in total. The standard InChI is InChI=1S/C11H9N3O5/c1-6-11(7(2)15)13(17)9-4-3-8(14(18)19)5-10(9)12(6)16/h3-5H,1-2H3. The van der Waals surface area contributed by atoms with Gasteiger partial charge in [-0.15, -0.1) is 0 Å². The molecule has 0 amide bonds. The molecule has 0 aliphatic rings. The monoisotopic (exact) mass is 263 g/mol. The Hall–Kier alpha value is -2.77. The zero-order chi connectivity index (χ0) is 14.3. The van der Waals surface area contributed by atoms with E-state index in [2.05, 4.69) is 0 Å². The van der Waals surface area contributed by atoms with Gasteiger partial charge in [0.15, 0.2) is 0 Å². The van der Waals surface area contributed by atoms with Gasteiger partial charge in [-0.2, -0.15) is 0 Å². The molecule has 19 heavy (non-hydrogen) atoms. The molecule has 1 aromatic heterocycles. The summed E-state index contributed by atoms with van der Waals surface area (Å²) in [5, 5.41) is 22.6. The molecule has 0 bridgehead atoms. The molecule has 0 saturated heterocycles. The molecule has 1 heterocycles. The van der Waals surface area contributed by atoms with Crippen molar-refractivity contribution < 1.29 is 14.1 Å². The number of hydrogen-bond donors (Lipinski definition) is 0. The molecule has 0 atom stereocenters. The van der Waals surface area contributed by atoms with Crippen molar-refractivity contribution in [3.8, 4) is 0 Å². The zero-order valence-corrected chi connectivity index (χ0v) is 10.1. The average molecular weight is 263 g/mol. The van der Waals surface area contributed by atoms with Gasteiger partial charge < -0.3 is 9.94 Å². The van der Waals surface area contributed by atoms with Gasteiger partial charge in [-0.25, -0.2) is 0 Å². The lowest BCUT2D eigenvalue weighted by atomic mass is 10.2. The third-order valence-electron chi connectivity index (χ3n) is 2.79. The number of aromatic nitrogens is 2. The Bertz CT molecular complexity index is 778.